The van der Waals surface area contributed by atoms with Crippen LogP contribution in [0, 0.1) is 17.7 Å². The first-order valence-electron chi connectivity index (χ1n) is 10.3. The fourth-order valence-electron chi connectivity index (χ4n) is 4.05. The SMILES string of the molecule is O=C(C1CC1)N1CCC[C@H](CNc2nc(-c3c[nH]c4ncc(Cl)cc34)ncc2F)C1. The Hall–Kier alpha value is -2.74. The second-order valence-corrected chi connectivity index (χ2v) is 8.53. The van der Waals surface area contributed by atoms with E-state index in [-0.39, 0.29) is 23.6 Å². The van der Waals surface area contributed by atoms with Crippen molar-refractivity contribution in [1.82, 2.24) is 24.8 Å². The van der Waals surface area contributed by atoms with E-state index in [9.17, 15) is 9.18 Å². The molecule has 1 atom stereocenters. The van der Waals surface area contributed by atoms with Gasteiger partial charge in [-0.25, -0.2) is 19.3 Å². The average molecular weight is 429 g/mol. The van der Waals surface area contributed by atoms with Gasteiger partial charge < -0.3 is 15.2 Å². The van der Waals surface area contributed by atoms with Crippen LogP contribution in [-0.4, -0.2) is 50.4 Å². The number of anilines is 1. The number of carbonyl (C=O) groups is 1. The number of carbonyl (C=O) groups excluding carboxylic acids is 1. The van der Waals surface area contributed by atoms with Gasteiger partial charge in [-0.15, -0.1) is 0 Å². The topological polar surface area (TPSA) is 86.8 Å². The molecule has 30 heavy (non-hydrogen) atoms. The Morgan fingerprint density at radius 2 is 2.17 bits per heavy atom. The minimum atomic E-state index is -0.503. The zero-order valence-corrected chi connectivity index (χ0v) is 17.1. The average Bonchev–Trinajstić information content (AvgIpc) is 3.53. The maximum absolute atomic E-state index is 14.4. The van der Waals surface area contributed by atoms with E-state index in [0.717, 1.165) is 37.6 Å². The highest BCUT2D eigenvalue weighted by Gasteiger charge is 2.35. The summed E-state index contributed by atoms with van der Waals surface area (Å²) in [5, 5.41) is 4.42. The molecule has 4 heterocycles. The Bertz CT molecular complexity index is 1100. The second kappa shape index (κ2) is 7.83. The summed E-state index contributed by atoms with van der Waals surface area (Å²) >= 11 is 6.07. The first-order valence-corrected chi connectivity index (χ1v) is 10.6. The van der Waals surface area contributed by atoms with E-state index in [1.807, 2.05) is 4.90 Å². The molecule has 1 saturated heterocycles. The van der Waals surface area contributed by atoms with E-state index in [1.54, 1.807) is 18.5 Å². The van der Waals surface area contributed by atoms with Crippen LogP contribution in [0.1, 0.15) is 25.7 Å². The molecule has 1 amide bonds. The quantitative estimate of drug-likeness (QED) is 0.644. The number of aromatic nitrogens is 4. The van der Waals surface area contributed by atoms with Gasteiger partial charge >= 0.3 is 0 Å². The zero-order valence-electron chi connectivity index (χ0n) is 16.4. The van der Waals surface area contributed by atoms with Crippen LogP contribution < -0.4 is 5.32 Å². The van der Waals surface area contributed by atoms with Crippen molar-refractivity contribution in [2.75, 3.05) is 25.0 Å². The first kappa shape index (κ1) is 19.2. The molecule has 1 aliphatic carbocycles. The summed E-state index contributed by atoms with van der Waals surface area (Å²) in [4.78, 5) is 30.2. The molecule has 0 bridgehead atoms. The van der Waals surface area contributed by atoms with Gasteiger partial charge in [0.05, 0.1) is 11.2 Å². The monoisotopic (exact) mass is 428 g/mol. The minimum Gasteiger partial charge on any atom is -0.367 e. The first-order chi connectivity index (χ1) is 14.6. The number of halogens is 2. The van der Waals surface area contributed by atoms with Crippen LogP contribution in [0.3, 0.4) is 0 Å². The summed E-state index contributed by atoms with van der Waals surface area (Å²) in [5.41, 5.74) is 1.38. The van der Waals surface area contributed by atoms with Crippen LogP contribution in [0.2, 0.25) is 5.02 Å². The third-order valence-electron chi connectivity index (χ3n) is 5.80. The lowest BCUT2D eigenvalue weighted by Crippen LogP contribution is -2.42. The van der Waals surface area contributed by atoms with Crippen molar-refractivity contribution in [1.29, 1.82) is 0 Å². The number of piperidine rings is 1. The molecule has 1 aliphatic heterocycles. The Labute approximate surface area is 178 Å². The van der Waals surface area contributed by atoms with Crippen molar-refractivity contribution in [2.45, 2.75) is 25.7 Å². The summed E-state index contributed by atoms with van der Waals surface area (Å²) in [6.45, 7) is 2.10. The van der Waals surface area contributed by atoms with Gasteiger partial charge in [-0.3, -0.25) is 4.79 Å². The van der Waals surface area contributed by atoms with Crippen LogP contribution in [0.4, 0.5) is 10.2 Å². The number of fused-ring (bicyclic) bond motifs is 1. The Balaban J connectivity index is 1.31. The molecule has 0 radical (unpaired) electrons. The number of hydrogen-bond acceptors (Lipinski definition) is 5. The fourth-order valence-corrected chi connectivity index (χ4v) is 4.20. The normalized spacial score (nSPS) is 19.3. The summed E-state index contributed by atoms with van der Waals surface area (Å²) in [7, 11) is 0. The van der Waals surface area contributed by atoms with Crippen LogP contribution in [0.25, 0.3) is 22.4 Å². The summed E-state index contributed by atoms with van der Waals surface area (Å²) in [6, 6.07) is 1.78. The third-order valence-corrected chi connectivity index (χ3v) is 6.00. The number of pyridine rings is 1. The standard InChI is InChI=1S/C21H22ClFN6O/c22-14-6-15-16(9-26-18(15)25-8-14)19-27-10-17(23)20(28-19)24-7-12-2-1-5-29(11-12)21(30)13-3-4-13/h6,8-10,12-13H,1-5,7,11H2,(H,25,26)(H,24,27,28)/t12-/m1/s1. The minimum absolute atomic E-state index is 0.162. The van der Waals surface area contributed by atoms with Crippen LogP contribution >= 0.6 is 11.6 Å². The van der Waals surface area contributed by atoms with Gasteiger partial charge in [0, 0.05) is 48.9 Å². The Morgan fingerprint density at radius 1 is 1.30 bits per heavy atom. The van der Waals surface area contributed by atoms with Gasteiger partial charge in [-0.2, -0.15) is 0 Å². The lowest BCUT2D eigenvalue weighted by Gasteiger charge is -2.33. The highest BCUT2D eigenvalue weighted by Crippen LogP contribution is 2.33. The number of nitrogens with zero attached hydrogens (tertiary/aromatic N) is 4. The van der Waals surface area contributed by atoms with Crippen molar-refractivity contribution in [3.8, 4) is 11.4 Å². The number of H-pyrrole nitrogens is 1. The second-order valence-electron chi connectivity index (χ2n) is 8.09. The van der Waals surface area contributed by atoms with E-state index in [1.165, 1.54) is 6.20 Å². The maximum atomic E-state index is 14.4. The largest absolute Gasteiger partial charge is 0.367 e. The van der Waals surface area contributed by atoms with E-state index < -0.39 is 5.82 Å². The van der Waals surface area contributed by atoms with Gasteiger partial charge in [0.1, 0.15) is 5.65 Å². The molecule has 5 rings (SSSR count). The van der Waals surface area contributed by atoms with Crippen molar-refractivity contribution in [3.05, 3.63) is 35.5 Å². The van der Waals surface area contributed by atoms with Gasteiger partial charge in [0.25, 0.3) is 0 Å². The van der Waals surface area contributed by atoms with Crippen molar-refractivity contribution >= 4 is 34.4 Å². The lowest BCUT2D eigenvalue weighted by molar-refractivity contribution is -0.134. The number of hydrogen-bond donors (Lipinski definition) is 2. The van der Waals surface area contributed by atoms with Crippen LogP contribution in [0.15, 0.2) is 24.7 Å². The van der Waals surface area contributed by atoms with E-state index in [0.29, 0.717) is 35.1 Å². The number of rotatable bonds is 5. The molecular formula is C21H22ClFN6O. The molecule has 0 unspecified atom stereocenters. The Kier molecular flexibility index (Phi) is 5.02. The molecule has 3 aromatic heterocycles. The molecule has 2 fully saturated rings. The van der Waals surface area contributed by atoms with Gasteiger partial charge in [-0.1, -0.05) is 11.6 Å². The van der Waals surface area contributed by atoms with Crippen molar-refractivity contribution < 1.29 is 9.18 Å². The summed E-state index contributed by atoms with van der Waals surface area (Å²) in [5.74, 6) is 0.838. The molecular weight excluding hydrogens is 407 g/mol. The summed E-state index contributed by atoms with van der Waals surface area (Å²) in [6.07, 6.45) is 8.49. The molecule has 9 heteroatoms. The van der Waals surface area contributed by atoms with Crippen LogP contribution in [-0.2, 0) is 4.79 Å². The Morgan fingerprint density at radius 3 is 3.00 bits per heavy atom. The van der Waals surface area contributed by atoms with Crippen LogP contribution in [0.5, 0.6) is 0 Å². The lowest BCUT2D eigenvalue weighted by atomic mass is 9.97. The maximum Gasteiger partial charge on any atom is 0.225 e. The van der Waals surface area contributed by atoms with Gasteiger partial charge in [0.2, 0.25) is 5.91 Å². The number of likely N-dealkylation sites (tertiary alicyclic amines) is 1. The smallest absolute Gasteiger partial charge is 0.225 e. The van der Waals surface area contributed by atoms with Crippen molar-refractivity contribution in [2.24, 2.45) is 11.8 Å². The highest BCUT2D eigenvalue weighted by molar-refractivity contribution is 6.31. The molecule has 7 nitrogen and oxygen atoms in total. The third kappa shape index (κ3) is 3.84. The van der Waals surface area contributed by atoms with E-state index >= 15 is 0 Å². The predicted molar refractivity (Wildman–Crippen MR) is 113 cm³/mol. The predicted octanol–water partition coefficient (Wildman–Crippen LogP) is 3.87. The number of amides is 1. The molecule has 0 aromatic carbocycles. The number of nitrogens with one attached hydrogen (secondary N) is 2. The summed E-state index contributed by atoms with van der Waals surface area (Å²) < 4.78 is 14.4. The molecule has 2 N–H and O–H groups in total. The van der Waals surface area contributed by atoms with Gasteiger partial charge in [-0.05, 0) is 37.7 Å². The molecule has 1 saturated carbocycles. The van der Waals surface area contributed by atoms with E-state index in [2.05, 4.69) is 25.3 Å². The van der Waals surface area contributed by atoms with Crippen molar-refractivity contribution in [3.63, 3.8) is 0 Å². The molecule has 0 spiro atoms. The highest BCUT2D eigenvalue weighted by atomic mass is 35.5. The zero-order chi connectivity index (χ0) is 20.7. The number of aromatic amines is 1. The molecule has 156 valence electrons. The molecule has 3 aromatic rings. The molecule has 2 aliphatic rings. The van der Waals surface area contributed by atoms with Gasteiger partial charge in [0.15, 0.2) is 17.5 Å². The van der Waals surface area contributed by atoms with E-state index in [4.69, 9.17) is 11.6 Å². The fraction of sp³-hybridized carbons (Fsp3) is 0.429.